The number of pyridine rings is 1. The van der Waals surface area contributed by atoms with Crippen molar-refractivity contribution in [2.24, 2.45) is 5.92 Å². The molecule has 0 aromatic carbocycles. The molecule has 100 valence electrons. The van der Waals surface area contributed by atoms with Crippen LogP contribution in [0.1, 0.15) is 18.9 Å². The molecule has 1 aliphatic heterocycles. The second-order valence-electron chi connectivity index (χ2n) is 4.52. The lowest BCUT2D eigenvalue weighted by Gasteiger charge is -2.30. The minimum atomic E-state index is -4.33. The van der Waals surface area contributed by atoms with Crippen molar-refractivity contribution >= 4 is 5.82 Å². The summed E-state index contributed by atoms with van der Waals surface area (Å²) in [5.41, 5.74) is -0.681. The summed E-state index contributed by atoms with van der Waals surface area (Å²) in [6.07, 6.45) is -2.38. The molecule has 1 saturated heterocycles. The molecule has 0 bridgehead atoms. The van der Waals surface area contributed by atoms with Crippen molar-refractivity contribution in [3.05, 3.63) is 23.9 Å². The maximum atomic E-state index is 12.5. The van der Waals surface area contributed by atoms with Crippen molar-refractivity contribution in [2.45, 2.75) is 25.6 Å². The van der Waals surface area contributed by atoms with Gasteiger partial charge in [0, 0.05) is 18.8 Å². The average molecular weight is 260 g/mol. The van der Waals surface area contributed by atoms with Gasteiger partial charge in [-0.3, -0.25) is 0 Å². The number of nitrogens with zero attached hydrogens (tertiary/aromatic N) is 1. The van der Waals surface area contributed by atoms with Gasteiger partial charge in [-0.05, 0) is 24.5 Å². The number of rotatable bonds is 2. The first-order valence-corrected chi connectivity index (χ1v) is 5.84. The third kappa shape index (κ3) is 3.13. The first kappa shape index (κ1) is 13.1. The Kier molecular flexibility index (Phi) is 3.75. The third-order valence-corrected chi connectivity index (χ3v) is 3.06. The van der Waals surface area contributed by atoms with Crippen LogP contribution in [0, 0.1) is 5.92 Å². The zero-order valence-electron chi connectivity index (χ0n) is 10.00. The smallest absolute Gasteiger partial charge is 0.381 e. The summed E-state index contributed by atoms with van der Waals surface area (Å²) in [7, 11) is 0. The van der Waals surface area contributed by atoms with E-state index in [-0.39, 0.29) is 17.8 Å². The van der Waals surface area contributed by atoms with E-state index in [0.717, 1.165) is 18.6 Å². The van der Waals surface area contributed by atoms with Crippen LogP contribution in [0.3, 0.4) is 0 Å². The van der Waals surface area contributed by atoms with Crippen LogP contribution in [-0.2, 0) is 10.9 Å². The second kappa shape index (κ2) is 5.14. The highest BCUT2D eigenvalue weighted by Crippen LogP contribution is 2.30. The fourth-order valence-corrected chi connectivity index (χ4v) is 1.97. The van der Waals surface area contributed by atoms with Crippen molar-refractivity contribution in [1.29, 1.82) is 0 Å². The molecule has 0 spiro atoms. The summed E-state index contributed by atoms with van der Waals surface area (Å²) in [6.45, 7) is 3.25. The van der Waals surface area contributed by atoms with Crippen LogP contribution in [0.25, 0.3) is 0 Å². The number of aromatic nitrogens is 1. The van der Waals surface area contributed by atoms with Gasteiger partial charge in [0.1, 0.15) is 5.82 Å². The number of anilines is 1. The van der Waals surface area contributed by atoms with E-state index in [0.29, 0.717) is 13.2 Å². The van der Waals surface area contributed by atoms with E-state index in [1.165, 1.54) is 6.20 Å². The van der Waals surface area contributed by atoms with E-state index < -0.39 is 11.7 Å². The number of hydrogen-bond acceptors (Lipinski definition) is 3. The molecule has 1 aliphatic rings. The molecule has 1 aromatic heterocycles. The maximum absolute atomic E-state index is 12.5. The normalized spacial score (nSPS) is 24.9. The predicted molar refractivity (Wildman–Crippen MR) is 61.2 cm³/mol. The molecule has 2 atom stereocenters. The summed E-state index contributed by atoms with van der Waals surface area (Å²) in [4.78, 5) is 3.93. The van der Waals surface area contributed by atoms with Crippen molar-refractivity contribution in [1.82, 2.24) is 4.98 Å². The zero-order valence-corrected chi connectivity index (χ0v) is 10.00. The van der Waals surface area contributed by atoms with E-state index in [9.17, 15) is 13.2 Å². The number of ether oxygens (including phenoxy) is 1. The lowest BCUT2D eigenvalue weighted by atomic mass is 9.98. The molecule has 0 amide bonds. The average Bonchev–Trinajstić information content (AvgIpc) is 2.31. The van der Waals surface area contributed by atoms with Crippen molar-refractivity contribution in [3.63, 3.8) is 0 Å². The summed E-state index contributed by atoms with van der Waals surface area (Å²) < 4.78 is 42.9. The Balaban J connectivity index is 2.09. The van der Waals surface area contributed by atoms with Gasteiger partial charge in [-0.15, -0.1) is 0 Å². The molecule has 1 fully saturated rings. The number of alkyl halides is 3. The molecule has 0 saturated carbocycles. The van der Waals surface area contributed by atoms with Gasteiger partial charge < -0.3 is 10.1 Å². The maximum Gasteiger partial charge on any atom is 0.416 e. The van der Waals surface area contributed by atoms with Crippen LogP contribution >= 0.6 is 0 Å². The van der Waals surface area contributed by atoms with E-state index >= 15 is 0 Å². The number of hydrogen-bond donors (Lipinski definition) is 1. The van der Waals surface area contributed by atoms with Crippen LogP contribution in [0.15, 0.2) is 18.3 Å². The van der Waals surface area contributed by atoms with Crippen LogP contribution < -0.4 is 5.32 Å². The SMILES string of the molecule is CC1COCCC1Nc1cc(C(F)(F)F)ccn1. The second-order valence-corrected chi connectivity index (χ2v) is 4.52. The van der Waals surface area contributed by atoms with Gasteiger partial charge in [-0.25, -0.2) is 4.98 Å². The topological polar surface area (TPSA) is 34.1 Å². The van der Waals surface area contributed by atoms with Gasteiger partial charge in [-0.1, -0.05) is 6.92 Å². The lowest BCUT2D eigenvalue weighted by Crippen LogP contribution is -2.36. The quantitative estimate of drug-likeness (QED) is 0.887. The zero-order chi connectivity index (χ0) is 13.2. The molecular weight excluding hydrogens is 245 g/mol. The Morgan fingerprint density at radius 3 is 2.89 bits per heavy atom. The predicted octanol–water partition coefficient (Wildman–Crippen LogP) is 2.94. The Morgan fingerprint density at radius 1 is 1.44 bits per heavy atom. The van der Waals surface area contributed by atoms with Crippen LogP contribution in [0.2, 0.25) is 0 Å². The third-order valence-electron chi connectivity index (χ3n) is 3.06. The molecule has 2 rings (SSSR count). The van der Waals surface area contributed by atoms with Gasteiger partial charge in [-0.2, -0.15) is 13.2 Å². The van der Waals surface area contributed by atoms with Crippen molar-refractivity contribution in [3.8, 4) is 0 Å². The van der Waals surface area contributed by atoms with Crippen LogP contribution in [0.4, 0.5) is 19.0 Å². The molecule has 0 radical (unpaired) electrons. The minimum absolute atomic E-state index is 0.106. The van der Waals surface area contributed by atoms with Gasteiger partial charge >= 0.3 is 6.18 Å². The van der Waals surface area contributed by atoms with Crippen LogP contribution in [-0.4, -0.2) is 24.2 Å². The van der Waals surface area contributed by atoms with Crippen molar-refractivity contribution in [2.75, 3.05) is 18.5 Å². The van der Waals surface area contributed by atoms with Gasteiger partial charge in [0.2, 0.25) is 0 Å². The number of nitrogens with one attached hydrogen (secondary N) is 1. The highest BCUT2D eigenvalue weighted by Gasteiger charge is 2.31. The van der Waals surface area contributed by atoms with E-state index in [1.807, 2.05) is 6.92 Å². The molecule has 3 nitrogen and oxygen atoms in total. The lowest BCUT2D eigenvalue weighted by molar-refractivity contribution is -0.137. The monoisotopic (exact) mass is 260 g/mol. The Morgan fingerprint density at radius 2 is 2.22 bits per heavy atom. The fourth-order valence-electron chi connectivity index (χ4n) is 1.97. The standard InChI is InChI=1S/C12H15F3N2O/c1-8-7-18-5-3-10(8)17-11-6-9(2-4-16-11)12(13,14)15/h2,4,6,8,10H,3,5,7H2,1H3,(H,16,17). The number of halogens is 3. The minimum Gasteiger partial charge on any atom is -0.381 e. The largest absolute Gasteiger partial charge is 0.416 e. The molecule has 2 unspecified atom stereocenters. The molecule has 0 aliphatic carbocycles. The molecule has 1 N–H and O–H groups in total. The molecule has 1 aromatic rings. The Bertz CT molecular complexity index is 409. The van der Waals surface area contributed by atoms with Gasteiger partial charge in [0.15, 0.2) is 0 Å². The summed E-state index contributed by atoms with van der Waals surface area (Å²) >= 11 is 0. The van der Waals surface area contributed by atoms with E-state index in [4.69, 9.17) is 4.74 Å². The van der Waals surface area contributed by atoms with E-state index in [2.05, 4.69) is 10.3 Å². The summed E-state index contributed by atoms with van der Waals surface area (Å²) in [6, 6.07) is 2.12. The Hall–Kier alpha value is -1.30. The highest BCUT2D eigenvalue weighted by molar-refractivity contribution is 5.39. The highest BCUT2D eigenvalue weighted by atomic mass is 19.4. The summed E-state index contributed by atoms with van der Waals surface area (Å²) in [5, 5.41) is 3.05. The first-order valence-electron chi connectivity index (χ1n) is 5.84. The van der Waals surface area contributed by atoms with Gasteiger partial charge in [0.05, 0.1) is 12.2 Å². The van der Waals surface area contributed by atoms with E-state index in [1.54, 1.807) is 0 Å². The molecule has 18 heavy (non-hydrogen) atoms. The molecule has 6 heteroatoms. The molecular formula is C12H15F3N2O. The first-order chi connectivity index (χ1) is 8.47. The fraction of sp³-hybridized carbons (Fsp3) is 0.583. The molecule has 2 heterocycles. The Labute approximate surface area is 103 Å². The van der Waals surface area contributed by atoms with Gasteiger partial charge in [0.25, 0.3) is 0 Å². The summed E-state index contributed by atoms with van der Waals surface area (Å²) in [5.74, 6) is 0.527. The van der Waals surface area contributed by atoms with Crippen LogP contribution in [0.5, 0.6) is 0 Å². The van der Waals surface area contributed by atoms with Crippen molar-refractivity contribution < 1.29 is 17.9 Å².